The molecule has 1 N–H and O–H groups in total. The van der Waals surface area contributed by atoms with Crippen molar-refractivity contribution in [2.45, 2.75) is 64.4 Å². The Bertz CT molecular complexity index is 534. The highest BCUT2D eigenvalue weighted by Gasteiger charge is 2.12. The number of aliphatic hydroxyl groups is 1. The highest BCUT2D eigenvalue weighted by Crippen LogP contribution is 2.32. The minimum atomic E-state index is -0.574. The Morgan fingerprint density at radius 3 is 2.48 bits per heavy atom. The first kappa shape index (κ1) is 21.3. The van der Waals surface area contributed by atoms with Crippen molar-refractivity contribution in [2.75, 3.05) is 14.2 Å². The van der Waals surface area contributed by atoms with Crippen LogP contribution in [0.25, 0.3) is 0 Å². The molecule has 0 radical (unpaired) electrons. The first-order valence-corrected chi connectivity index (χ1v) is 9.34. The second-order valence-corrected chi connectivity index (χ2v) is 6.46. The van der Waals surface area contributed by atoms with Crippen molar-refractivity contribution >= 4 is 0 Å². The molecule has 0 aromatic heterocycles. The van der Waals surface area contributed by atoms with Crippen molar-refractivity contribution in [1.29, 1.82) is 0 Å². The molecule has 3 heteroatoms. The van der Waals surface area contributed by atoms with Crippen LogP contribution in [0.4, 0.5) is 0 Å². The molecule has 0 aliphatic rings. The number of methoxy groups -OCH3 is 2. The monoisotopic (exact) mass is 346 g/mol. The number of ether oxygens (including phenoxy) is 2. The van der Waals surface area contributed by atoms with Gasteiger partial charge in [0.1, 0.15) is 0 Å². The van der Waals surface area contributed by atoms with Crippen molar-refractivity contribution in [3.63, 3.8) is 0 Å². The van der Waals surface area contributed by atoms with Gasteiger partial charge in [-0.15, -0.1) is 0 Å². The van der Waals surface area contributed by atoms with Gasteiger partial charge in [-0.25, -0.2) is 0 Å². The number of rotatable bonds is 13. The molecule has 3 nitrogen and oxygen atoms in total. The lowest BCUT2D eigenvalue weighted by molar-refractivity contribution is 0.177. The fraction of sp³-hybridized carbons (Fsp3) is 0.545. The van der Waals surface area contributed by atoms with Crippen LogP contribution >= 0.6 is 0 Å². The largest absolute Gasteiger partial charge is 0.493 e. The Balaban J connectivity index is 2.36. The van der Waals surface area contributed by atoms with Gasteiger partial charge in [0, 0.05) is 0 Å². The molecule has 0 saturated heterocycles. The summed E-state index contributed by atoms with van der Waals surface area (Å²) in [7, 11) is 3.20. The quantitative estimate of drug-likeness (QED) is 0.352. The van der Waals surface area contributed by atoms with Gasteiger partial charge in [0.25, 0.3) is 0 Å². The van der Waals surface area contributed by atoms with Crippen molar-refractivity contribution < 1.29 is 14.6 Å². The fourth-order valence-electron chi connectivity index (χ4n) is 2.77. The summed E-state index contributed by atoms with van der Waals surface area (Å²) in [6.45, 7) is 6.33. The van der Waals surface area contributed by atoms with Gasteiger partial charge >= 0.3 is 0 Å². The van der Waals surface area contributed by atoms with E-state index in [1.807, 2.05) is 18.2 Å². The van der Waals surface area contributed by atoms with Crippen molar-refractivity contribution in [1.82, 2.24) is 0 Å². The zero-order valence-electron chi connectivity index (χ0n) is 16.1. The van der Waals surface area contributed by atoms with Crippen LogP contribution in [-0.4, -0.2) is 19.3 Å². The van der Waals surface area contributed by atoms with E-state index in [1.54, 1.807) is 14.2 Å². The number of hydrogen-bond donors (Lipinski definition) is 1. The average molecular weight is 347 g/mol. The molecule has 1 aromatic carbocycles. The second kappa shape index (κ2) is 12.6. The lowest BCUT2D eigenvalue weighted by atomic mass is 10.00. The third-order valence-corrected chi connectivity index (χ3v) is 4.32. The van der Waals surface area contributed by atoms with E-state index in [4.69, 9.17) is 9.47 Å². The van der Waals surface area contributed by atoms with Gasteiger partial charge in [-0.1, -0.05) is 63.0 Å². The Morgan fingerprint density at radius 1 is 1.08 bits per heavy atom. The average Bonchev–Trinajstić information content (AvgIpc) is 2.63. The predicted molar refractivity (Wildman–Crippen MR) is 105 cm³/mol. The number of unbranched alkanes of at least 4 members (excludes halogenated alkanes) is 5. The summed E-state index contributed by atoms with van der Waals surface area (Å²) in [5.74, 6) is 1.30. The minimum Gasteiger partial charge on any atom is -0.493 e. The molecule has 1 aromatic rings. The predicted octanol–water partition coefficient (Wildman–Crippen LogP) is 5.99. The van der Waals surface area contributed by atoms with E-state index >= 15 is 0 Å². The van der Waals surface area contributed by atoms with E-state index in [9.17, 15) is 5.11 Å². The fourth-order valence-corrected chi connectivity index (χ4v) is 2.77. The smallest absolute Gasteiger partial charge is 0.161 e. The SMILES string of the molecule is C=C(C/C=C/CCCCCCC)CC(O)c1ccc(OC)c(OC)c1. The van der Waals surface area contributed by atoms with Gasteiger partial charge in [-0.3, -0.25) is 0 Å². The van der Waals surface area contributed by atoms with Gasteiger partial charge in [0.2, 0.25) is 0 Å². The standard InChI is InChI=1S/C22H34O3/c1-5-6-7-8-9-10-11-12-13-18(2)16-20(23)19-14-15-21(24-3)22(17-19)25-4/h11-12,14-15,17,20,23H,2,5-10,13,16H2,1,3-4H3/b12-11+. The Labute approximate surface area is 153 Å². The Hall–Kier alpha value is -1.74. The molecule has 0 heterocycles. The summed E-state index contributed by atoms with van der Waals surface area (Å²) in [5.41, 5.74) is 1.85. The van der Waals surface area contributed by atoms with Gasteiger partial charge in [-0.05, 0) is 43.4 Å². The van der Waals surface area contributed by atoms with Gasteiger partial charge < -0.3 is 14.6 Å². The number of hydrogen-bond acceptors (Lipinski definition) is 3. The first-order chi connectivity index (χ1) is 12.1. The highest BCUT2D eigenvalue weighted by molar-refractivity contribution is 5.43. The molecule has 25 heavy (non-hydrogen) atoms. The van der Waals surface area contributed by atoms with E-state index in [0.29, 0.717) is 17.9 Å². The topological polar surface area (TPSA) is 38.7 Å². The van der Waals surface area contributed by atoms with Crippen LogP contribution in [-0.2, 0) is 0 Å². The normalized spacial score (nSPS) is 12.3. The minimum absolute atomic E-state index is 0.552. The molecule has 0 bridgehead atoms. The maximum absolute atomic E-state index is 10.4. The number of aliphatic hydroxyl groups excluding tert-OH is 1. The van der Waals surface area contributed by atoms with Crippen LogP contribution in [0.1, 0.15) is 70.0 Å². The van der Waals surface area contributed by atoms with Crippen molar-refractivity contribution in [3.05, 3.63) is 48.1 Å². The van der Waals surface area contributed by atoms with Crippen LogP contribution in [0, 0.1) is 0 Å². The molecule has 0 aliphatic heterocycles. The van der Waals surface area contributed by atoms with E-state index in [-0.39, 0.29) is 0 Å². The zero-order valence-corrected chi connectivity index (χ0v) is 16.1. The number of allylic oxidation sites excluding steroid dienone is 2. The molecule has 1 unspecified atom stereocenters. The van der Waals surface area contributed by atoms with E-state index in [0.717, 1.165) is 24.0 Å². The highest BCUT2D eigenvalue weighted by atomic mass is 16.5. The zero-order chi connectivity index (χ0) is 18.5. The summed E-state index contributed by atoms with van der Waals surface area (Å²) in [6, 6.07) is 5.51. The summed E-state index contributed by atoms with van der Waals surface area (Å²) >= 11 is 0. The molecule has 0 amide bonds. The molecular formula is C22H34O3. The summed E-state index contributed by atoms with van der Waals surface area (Å²) < 4.78 is 10.5. The molecule has 1 atom stereocenters. The van der Waals surface area contributed by atoms with Gasteiger partial charge in [0.05, 0.1) is 20.3 Å². The Kier molecular flexibility index (Phi) is 10.7. The third kappa shape index (κ3) is 8.26. The van der Waals surface area contributed by atoms with E-state index in [2.05, 4.69) is 25.7 Å². The Morgan fingerprint density at radius 2 is 1.80 bits per heavy atom. The van der Waals surface area contributed by atoms with Crippen LogP contribution in [0.5, 0.6) is 11.5 Å². The molecule has 0 aliphatic carbocycles. The molecular weight excluding hydrogens is 312 g/mol. The van der Waals surface area contributed by atoms with E-state index in [1.165, 1.54) is 32.1 Å². The van der Waals surface area contributed by atoms with Crippen LogP contribution in [0.3, 0.4) is 0 Å². The van der Waals surface area contributed by atoms with E-state index < -0.39 is 6.10 Å². The maximum Gasteiger partial charge on any atom is 0.161 e. The van der Waals surface area contributed by atoms with Crippen molar-refractivity contribution in [3.8, 4) is 11.5 Å². The number of benzene rings is 1. The second-order valence-electron chi connectivity index (χ2n) is 6.46. The molecule has 0 fully saturated rings. The first-order valence-electron chi connectivity index (χ1n) is 9.34. The molecule has 0 saturated carbocycles. The molecule has 0 spiro atoms. The summed E-state index contributed by atoms with van der Waals surface area (Å²) in [4.78, 5) is 0. The summed E-state index contributed by atoms with van der Waals surface area (Å²) in [5, 5.41) is 10.4. The third-order valence-electron chi connectivity index (χ3n) is 4.32. The van der Waals surface area contributed by atoms with Crippen LogP contribution < -0.4 is 9.47 Å². The maximum atomic E-state index is 10.4. The molecule has 1 rings (SSSR count). The summed E-state index contributed by atoms with van der Waals surface area (Å²) in [6.07, 6.45) is 12.9. The molecule has 140 valence electrons. The van der Waals surface area contributed by atoms with Gasteiger partial charge in [-0.2, -0.15) is 0 Å². The lowest BCUT2D eigenvalue weighted by Gasteiger charge is -2.15. The van der Waals surface area contributed by atoms with Crippen molar-refractivity contribution in [2.24, 2.45) is 0 Å². The lowest BCUT2D eigenvalue weighted by Crippen LogP contribution is -2.00. The van der Waals surface area contributed by atoms with Crippen LogP contribution in [0.15, 0.2) is 42.5 Å². The van der Waals surface area contributed by atoms with Crippen LogP contribution in [0.2, 0.25) is 0 Å². The van der Waals surface area contributed by atoms with Gasteiger partial charge in [0.15, 0.2) is 11.5 Å².